The molecule has 2 rings (SSSR count). The summed E-state index contributed by atoms with van der Waals surface area (Å²) >= 11 is 1.66. The van der Waals surface area contributed by atoms with Crippen molar-refractivity contribution in [2.45, 2.75) is 25.2 Å². The fourth-order valence-corrected chi connectivity index (χ4v) is 2.89. The van der Waals surface area contributed by atoms with Gasteiger partial charge in [0.2, 0.25) is 5.91 Å². The van der Waals surface area contributed by atoms with Gasteiger partial charge in [0.05, 0.1) is 0 Å². The number of hydrogen-bond acceptors (Lipinski definition) is 3. The number of hydrogen-bond donors (Lipinski definition) is 2. The first-order valence-corrected chi connectivity index (χ1v) is 7.89. The van der Waals surface area contributed by atoms with Crippen molar-refractivity contribution in [2.75, 3.05) is 16.8 Å². The average molecular weight is 300 g/mol. The lowest BCUT2D eigenvalue weighted by Gasteiger charge is -2.11. The molecule has 110 valence electrons. The van der Waals surface area contributed by atoms with Gasteiger partial charge in [0.15, 0.2) is 0 Å². The topological polar surface area (TPSA) is 55.1 Å². The average Bonchev–Trinajstić information content (AvgIpc) is 2.45. The van der Waals surface area contributed by atoms with Crippen LogP contribution < -0.4 is 11.1 Å². The van der Waals surface area contributed by atoms with Gasteiger partial charge in [0.25, 0.3) is 0 Å². The highest BCUT2D eigenvalue weighted by atomic mass is 32.2. The maximum Gasteiger partial charge on any atom is 0.225 e. The lowest BCUT2D eigenvalue weighted by Crippen LogP contribution is -2.14. The van der Waals surface area contributed by atoms with Gasteiger partial charge in [-0.15, -0.1) is 11.8 Å². The highest BCUT2D eigenvalue weighted by Crippen LogP contribution is 2.22. The van der Waals surface area contributed by atoms with Crippen LogP contribution >= 0.6 is 11.8 Å². The Morgan fingerprint density at radius 2 is 1.71 bits per heavy atom. The Bertz CT molecular complexity index is 603. The van der Waals surface area contributed by atoms with Crippen LogP contribution in [0.4, 0.5) is 11.4 Å². The molecule has 0 aliphatic rings. The van der Waals surface area contributed by atoms with E-state index in [0.29, 0.717) is 6.42 Å². The number of nitrogens with one attached hydrogen (secondary N) is 1. The molecule has 2 aromatic carbocycles. The van der Waals surface area contributed by atoms with Crippen molar-refractivity contribution < 1.29 is 4.79 Å². The summed E-state index contributed by atoms with van der Waals surface area (Å²) in [5.74, 6) is 0.802. The quantitative estimate of drug-likeness (QED) is 0.648. The maximum atomic E-state index is 12.0. The van der Waals surface area contributed by atoms with Gasteiger partial charge in [-0.1, -0.05) is 18.2 Å². The van der Waals surface area contributed by atoms with E-state index in [0.717, 1.165) is 33.2 Å². The summed E-state index contributed by atoms with van der Waals surface area (Å²) in [6.07, 6.45) is 0.489. The molecule has 0 saturated carbocycles. The Balaban J connectivity index is 1.84. The van der Waals surface area contributed by atoms with Crippen LogP contribution in [0.1, 0.15) is 17.5 Å². The maximum absolute atomic E-state index is 12.0. The molecule has 2 aromatic rings. The van der Waals surface area contributed by atoms with Crippen molar-refractivity contribution in [2.24, 2.45) is 0 Å². The Morgan fingerprint density at radius 3 is 2.33 bits per heavy atom. The van der Waals surface area contributed by atoms with Crippen molar-refractivity contribution in [1.29, 1.82) is 0 Å². The Kier molecular flexibility index (Phi) is 5.28. The van der Waals surface area contributed by atoms with Crippen LogP contribution in [-0.4, -0.2) is 11.7 Å². The molecule has 0 fully saturated rings. The van der Waals surface area contributed by atoms with Crippen molar-refractivity contribution in [3.05, 3.63) is 53.6 Å². The van der Waals surface area contributed by atoms with Crippen LogP contribution in [0.15, 0.2) is 47.4 Å². The minimum Gasteiger partial charge on any atom is -0.399 e. The van der Waals surface area contributed by atoms with Crippen LogP contribution in [-0.2, 0) is 4.79 Å². The predicted molar refractivity (Wildman–Crippen MR) is 90.7 cm³/mol. The second-order valence-electron chi connectivity index (χ2n) is 4.98. The van der Waals surface area contributed by atoms with Gasteiger partial charge in [-0.3, -0.25) is 4.79 Å². The van der Waals surface area contributed by atoms with Gasteiger partial charge in [0, 0.05) is 28.4 Å². The molecule has 0 aliphatic heterocycles. The van der Waals surface area contributed by atoms with Crippen LogP contribution in [0.3, 0.4) is 0 Å². The molecule has 0 saturated heterocycles. The number of carbonyl (C=O) groups excluding carboxylic acids is 1. The minimum atomic E-state index is 0.0512. The highest BCUT2D eigenvalue weighted by Gasteiger charge is 2.07. The lowest BCUT2D eigenvalue weighted by atomic mass is 10.1. The van der Waals surface area contributed by atoms with Crippen molar-refractivity contribution in [3.63, 3.8) is 0 Å². The van der Waals surface area contributed by atoms with E-state index in [4.69, 9.17) is 5.73 Å². The molecule has 0 heterocycles. The van der Waals surface area contributed by atoms with E-state index in [9.17, 15) is 4.79 Å². The second-order valence-corrected chi connectivity index (χ2v) is 6.15. The zero-order valence-corrected chi connectivity index (χ0v) is 13.2. The highest BCUT2D eigenvalue weighted by molar-refractivity contribution is 7.99. The SMILES string of the molecule is Cc1cccc(C)c1NC(=O)CCSc1ccc(N)cc1. The summed E-state index contributed by atoms with van der Waals surface area (Å²) in [6, 6.07) is 13.7. The van der Waals surface area contributed by atoms with E-state index in [2.05, 4.69) is 5.32 Å². The number of rotatable bonds is 5. The third-order valence-electron chi connectivity index (χ3n) is 3.22. The van der Waals surface area contributed by atoms with E-state index in [1.54, 1.807) is 11.8 Å². The number of nitrogens with two attached hydrogens (primary N) is 1. The van der Waals surface area contributed by atoms with Gasteiger partial charge in [-0.2, -0.15) is 0 Å². The van der Waals surface area contributed by atoms with Crippen LogP contribution in [0.2, 0.25) is 0 Å². The summed E-state index contributed by atoms with van der Waals surface area (Å²) in [5.41, 5.74) is 9.52. The fraction of sp³-hybridized carbons (Fsp3) is 0.235. The number of carbonyl (C=O) groups is 1. The summed E-state index contributed by atoms with van der Waals surface area (Å²) in [5, 5.41) is 3.00. The molecule has 1 amide bonds. The standard InChI is InChI=1S/C17H20N2OS/c1-12-4-3-5-13(2)17(12)19-16(20)10-11-21-15-8-6-14(18)7-9-15/h3-9H,10-11,18H2,1-2H3,(H,19,20). The van der Waals surface area contributed by atoms with E-state index in [1.807, 2.05) is 56.3 Å². The number of nitrogen functional groups attached to an aromatic ring is 1. The van der Waals surface area contributed by atoms with E-state index >= 15 is 0 Å². The molecule has 0 unspecified atom stereocenters. The van der Waals surface area contributed by atoms with Gasteiger partial charge in [-0.25, -0.2) is 0 Å². The van der Waals surface area contributed by atoms with Crippen LogP contribution in [0, 0.1) is 13.8 Å². The summed E-state index contributed by atoms with van der Waals surface area (Å²) in [6.45, 7) is 4.01. The minimum absolute atomic E-state index is 0.0512. The van der Waals surface area contributed by atoms with Gasteiger partial charge >= 0.3 is 0 Å². The van der Waals surface area contributed by atoms with Crippen molar-refractivity contribution in [1.82, 2.24) is 0 Å². The summed E-state index contributed by atoms with van der Waals surface area (Å²) in [7, 11) is 0. The molecule has 0 spiro atoms. The Morgan fingerprint density at radius 1 is 1.10 bits per heavy atom. The first-order valence-electron chi connectivity index (χ1n) is 6.90. The number of thioether (sulfide) groups is 1. The molecule has 0 aliphatic carbocycles. The zero-order valence-electron chi connectivity index (χ0n) is 12.3. The molecule has 4 heteroatoms. The lowest BCUT2D eigenvalue weighted by molar-refractivity contribution is -0.115. The first kappa shape index (κ1) is 15.4. The third kappa shape index (κ3) is 4.53. The number of para-hydroxylation sites is 1. The fourth-order valence-electron chi connectivity index (χ4n) is 2.04. The molecule has 3 N–H and O–H groups in total. The monoisotopic (exact) mass is 300 g/mol. The van der Waals surface area contributed by atoms with Gasteiger partial charge in [-0.05, 0) is 49.2 Å². The Hall–Kier alpha value is -1.94. The van der Waals surface area contributed by atoms with Crippen molar-refractivity contribution in [3.8, 4) is 0 Å². The van der Waals surface area contributed by atoms with Crippen molar-refractivity contribution >= 4 is 29.0 Å². The van der Waals surface area contributed by atoms with E-state index in [-0.39, 0.29) is 5.91 Å². The molecule has 3 nitrogen and oxygen atoms in total. The molecule has 0 atom stereocenters. The predicted octanol–water partition coefficient (Wildman–Crippen LogP) is 4.01. The van der Waals surface area contributed by atoms with E-state index < -0.39 is 0 Å². The number of amides is 1. The molecule has 0 bridgehead atoms. The molecule has 0 aromatic heterocycles. The molecule has 21 heavy (non-hydrogen) atoms. The first-order chi connectivity index (χ1) is 10.1. The Labute approximate surface area is 129 Å². The van der Waals surface area contributed by atoms with Gasteiger partial charge in [0.1, 0.15) is 0 Å². The third-order valence-corrected chi connectivity index (χ3v) is 4.24. The zero-order chi connectivity index (χ0) is 15.2. The molecular weight excluding hydrogens is 280 g/mol. The van der Waals surface area contributed by atoms with Crippen LogP contribution in [0.5, 0.6) is 0 Å². The number of benzene rings is 2. The number of anilines is 2. The smallest absolute Gasteiger partial charge is 0.225 e. The largest absolute Gasteiger partial charge is 0.399 e. The van der Waals surface area contributed by atoms with Gasteiger partial charge < -0.3 is 11.1 Å². The summed E-state index contributed by atoms with van der Waals surface area (Å²) < 4.78 is 0. The normalized spacial score (nSPS) is 10.4. The molecular formula is C17H20N2OS. The number of aryl methyl sites for hydroxylation is 2. The molecule has 0 radical (unpaired) electrons. The van der Waals surface area contributed by atoms with E-state index in [1.165, 1.54) is 0 Å². The van der Waals surface area contributed by atoms with Crippen LogP contribution in [0.25, 0.3) is 0 Å². The second kappa shape index (κ2) is 7.18. The summed E-state index contributed by atoms with van der Waals surface area (Å²) in [4.78, 5) is 13.1.